The largest absolute Gasteiger partial charge is 0.455 e. The fourth-order valence-electron chi connectivity index (χ4n) is 10.1. The molecule has 2 heterocycles. The molecule has 0 aliphatic rings. The molecule has 65 heavy (non-hydrogen) atoms. The molecular formula is C62H40N2O. The molecule has 13 rings (SSSR count). The first-order chi connectivity index (χ1) is 32.2. The summed E-state index contributed by atoms with van der Waals surface area (Å²) in [6.07, 6.45) is 0. The van der Waals surface area contributed by atoms with E-state index in [9.17, 15) is 0 Å². The van der Waals surface area contributed by atoms with Crippen molar-refractivity contribution in [2.75, 3.05) is 4.90 Å². The van der Waals surface area contributed by atoms with Gasteiger partial charge in [0.2, 0.25) is 0 Å². The van der Waals surface area contributed by atoms with Gasteiger partial charge in [-0.3, -0.25) is 0 Å². The third-order valence-electron chi connectivity index (χ3n) is 13.2. The Hall–Kier alpha value is -8.66. The lowest BCUT2D eigenvalue weighted by Gasteiger charge is -2.26. The van der Waals surface area contributed by atoms with Crippen molar-refractivity contribution < 1.29 is 4.42 Å². The summed E-state index contributed by atoms with van der Waals surface area (Å²) in [5, 5.41) is 9.71. The SMILES string of the molecule is c1cc(-c2ccc(N(c3ccc(-c4cccc5c4oc4ccccc45)cc3)c3ccc4ccc5ccccc5c4c3)cc2)cc(-c2ccccc2-n2c3ccccc3c3ccccc32)c1. The second kappa shape index (κ2) is 15.0. The van der Waals surface area contributed by atoms with Crippen molar-refractivity contribution in [3.05, 3.63) is 243 Å². The number of aromatic nitrogens is 1. The van der Waals surface area contributed by atoms with Gasteiger partial charge in [-0.1, -0.05) is 176 Å². The molecule has 0 aliphatic carbocycles. The molecule has 0 spiro atoms. The van der Waals surface area contributed by atoms with E-state index in [4.69, 9.17) is 4.42 Å². The van der Waals surface area contributed by atoms with Crippen molar-refractivity contribution in [3.8, 4) is 39.1 Å². The molecule has 0 N–H and O–H groups in total. The van der Waals surface area contributed by atoms with E-state index >= 15 is 0 Å². The Bertz CT molecular complexity index is 3900. The van der Waals surface area contributed by atoms with Crippen LogP contribution in [0, 0.1) is 0 Å². The molecule has 3 nitrogen and oxygen atoms in total. The van der Waals surface area contributed by atoms with E-state index in [2.05, 4.69) is 240 Å². The summed E-state index contributed by atoms with van der Waals surface area (Å²) in [6, 6.07) is 87.7. The van der Waals surface area contributed by atoms with Crippen molar-refractivity contribution in [3.63, 3.8) is 0 Å². The van der Waals surface area contributed by atoms with Crippen LogP contribution < -0.4 is 4.90 Å². The molecular weight excluding hydrogens is 789 g/mol. The smallest absolute Gasteiger partial charge is 0.143 e. The molecule has 3 heteroatoms. The van der Waals surface area contributed by atoms with Gasteiger partial charge in [0.15, 0.2) is 0 Å². The van der Waals surface area contributed by atoms with E-state index in [-0.39, 0.29) is 0 Å². The van der Waals surface area contributed by atoms with Crippen LogP contribution in [-0.2, 0) is 0 Å². The average molecular weight is 829 g/mol. The molecule has 0 fully saturated rings. The summed E-state index contributed by atoms with van der Waals surface area (Å²) in [5.74, 6) is 0. The highest BCUT2D eigenvalue weighted by Gasteiger charge is 2.18. The Kier molecular flexibility index (Phi) is 8.53. The fraction of sp³-hybridized carbons (Fsp3) is 0. The normalized spacial score (nSPS) is 11.7. The van der Waals surface area contributed by atoms with Crippen LogP contribution in [0.25, 0.3) is 104 Å². The lowest BCUT2D eigenvalue weighted by atomic mass is 9.97. The van der Waals surface area contributed by atoms with Crippen molar-refractivity contribution in [1.82, 2.24) is 4.57 Å². The predicted octanol–water partition coefficient (Wildman–Crippen LogP) is 17.5. The Morgan fingerprint density at radius 1 is 0.308 bits per heavy atom. The predicted molar refractivity (Wildman–Crippen MR) is 274 cm³/mol. The molecule has 11 aromatic carbocycles. The second-order valence-electron chi connectivity index (χ2n) is 16.9. The van der Waals surface area contributed by atoms with E-state index in [0.717, 1.165) is 61.4 Å². The van der Waals surface area contributed by atoms with Crippen LogP contribution in [0.5, 0.6) is 0 Å². The molecule has 2 aromatic heterocycles. The van der Waals surface area contributed by atoms with Gasteiger partial charge < -0.3 is 13.9 Å². The van der Waals surface area contributed by atoms with E-state index < -0.39 is 0 Å². The zero-order valence-corrected chi connectivity index (χ0v) is 35.4. The summed E-state index contributed by atoms with van der Waals surface area (Å²) >= 11 is 0. The minimum Gasteiger partial charge on any atom is -0.455 e. The van der Waals surface area contributed by atoms with Gasteiger partial charge in [0.1, 0.15) is 11.2 Å². The molecule has 304 valence electrons. The van der Waals surface area contributed by atoms with Crippen LogP contribution in [0.2, 0.25) is 0 Å². The molecule has 0 amide bonds. The number of hydrogen-bond donors (Lipinski definition) is 0. The van der Waals surface area contributed by atoms with E-state index in [1.807, 2.05) is 12.1 Å². The number of hydrogen-bond acceptors (Lipinski definition) is 2. The molecule has 0 saturated heterocycles. The van der Waals surface area contributed by atoms with Crippen LogP contribution in [0.1, 0.15) is 0 Å². The summed E-state index contributed by atoms with van der Waals surface area (Å²) in [5.41, 5.74) is 15.5. The van der Waals surface area contributed by atoms with Gasteiger partial charge in [-0.2, -0.15) is 0 Å². The first-order valence-electron chi connectivity index (χ1n) is 22.2. The number of rotatable bonds is 7. The van der Waals surface area contributed by atoms with Crippen LogP contribution >= 0.6 is 0 Å². The standard InChI is InChI=1S/C62H40N2O/c1-2-16-50-42(13-1)27-28-44-33-38-49(40-57(44)50)63(48-36-31-43(32-37-48)52-21-12-22-56-55-20-6-10-26-61(55)65-62(52)56)47-34-29-41(30-35-47)45-14-11-15-46(39-45)51-17-3-7-23-58(51)64-59-24-8-4-18-53(59)54-19-5-9-25-60(54)64/h1-40H. The lowest BCUT2D eigenvalue weighted by Crippen LogP contribution is -2.09. The minimum atomic E-state index is 0.904. The third-order valence-corrected chi connectivity index (χ3v) is 13.2. The zero-order chi connectivity index (χ0) is 42.8. The monoisotopic (exact) mass is 828 g/mol. The van der Waals surface area contributed by atoms with Gasteiger partial charge in [-0.05, 0) is 111 Å². The second-order valence-corrected chi connectivity index (χ2v) is 16.9. The highest BCUT2D eigenvalue weighted by atomic mass is 16.3. The third kappa shape index (κ3) is 6.12. The lowest BCUT2D eigenvalue weighted by molar-refractivity contribution is 0.670. The number of nitrogens with zero attached hydrogens (tertiary/aromatic N) is 2. The molecule has 0 radical (unpaired) electrons. The van der Waals surface area contributed by atoms with Crippen LogP contribution in [0.15, 0.2) is 247 Å². The number of furan rings is 1. The molecule has 0 saturated carbocycles. The van der Waals surface area contributed by atoms with Crippen LogP contribution in [0.4, 0.5) is 17.1 Å². The molecule has 0 aliphatic heterocycles. The van der Waals surface area contributed by atoms with Crippen molar-refractivity contribution in [1.29, 1.82) is 0 Å². The van der Waals surface area contributed by atoms with Crippen molar-refractivity contribution in [2.45, 2.75) is 0 Å². The summed E-state index contributed by atoms with van der Waals surface area (Å²) in [6.45, 7) is 0. The Balaban J connectivity index is 0.901. The van der Waals surface area contributed by atoms with Crippen molar-refractivity contribution >= 4 is 82.4 Å². The highest BCUT2D eigenvalue weighted by Crippen LogP contribution is 2.42. The Morgan fingerprint density at radius 3 is 1.62 bits per heavy atom. The van der Waals surface area contributed by atoms with E-state index in [1.165, 1.54) is 60.0 Å². The maximum atomic E-state index is 6.45. The summed E-state index contributed by atoms with van der Waals surface area (Å²) in [4.78, 5) is 2.37. The van der Waals surface area contributed by atoms with Crippen molar-refractivity contribution in [2.24, 2.45) is 0 Å². The van der Waals surface area contributed by atoms with Gasteiger partial charge in [0, 0.05) is 49.7 Å². The van der Waals surface area contributed by atoms with Gasteiger partial charge in [0.05, 0.1) is 16.7 Å². The Morgan fingerprint density at radius 2 is 0.846 bits per heavy atom. The maximum absolute atomic E-state index is 6.45. The van der Waals surface area contributed by atoms with Crippen LogP contribution in [0.3, 0.4) is 0 Å². The van der Waals surface area contributed by atoms with Gasteiger partial charge >= 0.3 is 0 Å². The molecule has 0 unspecified atom stereocenters. The topological polar surface area (TPSA) is 21.3 Å². The number of anilines is 3. The quantitative estimate of drug-likeness (QED) is 0.149. The van der Waals surface area contributed by atoms with Gasteiger partial charge in [-0.25, -0.2) is 0 Å². The number of para-hydroxylation sites is 5. The molecule has 13 aromatic rings. The van der Waals surface area contributed by atoms with Crippen LogP contribution in [-0.4, -0.2) is 4.57 Å². The van der Waals surface area contributed by atoms with Gasteiger partial charge in [0.25, 0.3) is 0 Å². The van der Waals surface area contributed by atoms with E-state index in [0.29, 0.717) is 0 Å². The number of fused-ring (bicyclic) bond motifs is 9. The minimum absolute atomic E-state index is 0.904. The number of benzene rings is 11. The van der Waals surface area contributed by atoms with E-state index in [1.54, 1.807) is 0 Å². The zero-order valence-electron chi connectivity index (χ0n) is 35.4. The summed E-state index contributed by atoms with van der Waals surface area (Å²) in [7, 11) is 0. The fourth-order valence-corrected chi connectivity index (χ4v) is 10.1. The molecule has 0 bridgehead atoms. The van der Waals surface area contributed by atoms with Gasteiger partial charge in [-0.15, -0.1) is 0 Å². The summed E-state index contributed by atoms with van der Waals surface area (Å²) < 4.78 is 8.87. The molecule has 0 atom stereocenters. The first-order valence-corrected chi connectivity index (χ1v) is 22.2. The average Bonchev–Trinajstić information content (AvgIpc) is 3.93. The highest BCUT2D eigenvalue weighted by molar-refractivity contribution is 6.11. The first kappa shape index (κ1) is 36.9. The Labute approximate surface area is 376 Å². The maximum Gasteiger partial charge on any atom is 0.143 e.